The van der Waals surface area contributed by atoms with Crippen molar-refractivity contribution in [1.29, 1.82) is 0 Å². The summed E-state index contributed by atoms with van der Waals surface area (Å²) in [6, 6.07) is 0. The Balaban J connectivity index is 3.96. The first-order chi connectivity index (χ1) is 6.41. The molecule has 2 N–H and O–H groups in total. The van der Waals surface area contributed by atoms with Crippen molar-refractivity contribution in [1.82, 2.24) is 9.80 Å². The molecule has 82 valence electrons. The molecular weight excluding hydrogens is 188 g/mol. The average Bonchev–Trinajstić information content (AvgIpc) is 1.97. The Kier molecular flexibility index (Phi) is 5.82. The highest BCUT2D eigenvalue weighted by Gasteiger charge is 2.12. The Labute approximate surface area is 82.7 Å². The lowest BCUT2D eigenvalue weighted by atomic mass is 10.4. The number of carboxylic acids is 2. The molecule has 0 aliphatic rings. The van der Waals surface area contributed by atoms with Gasteiger partial charge in [-0.3, -0.25) is 14.5 Å². The van der Waals surface area contributed by atoms with Gasteiger partial charge >= 0.3 is 11.9 Å². The molecule has 0 bridgehead atoms. The fourth-order valence-electron chi connectivity index (χ4n) is 0.938. The number of aliphatic carboxylic acids is 2. The first kappa shape index (κ1) is 12.9. The Hall–Kier alpha value is -1.14. The molecule has 0 rings (SSSR count). The number of hydrogen-bond donors (Lipinski definition) is 2. The van der Waals surface area contributed by atoms with Crippen molar-refractivity contribution in [3.8, 4) is 0 Å². The third kappa shape index (κ3) is 7.51. The zero-order valence-corrected chi connectivity index (χ0v) is 8.43. The number of carboxylic acid groups (broad SMARTS) is 2. The number of nitrogens with zero attached hydrogens (tertiary/aromatic N) is 2. The van der Waals surface area contributed by atoms with Crippen molar-refractivity contribution in [3.63, 3.8) is 0 Å². The fourth-order valence-corrected chi connectivity index (χ4v) is 0.938. The maximum absolute atomic E-state index is 10.4. The Morgan fingerprint density at radius 3 is 1.71 bits per heavy atom. The summed E-state index contributed by atoms with van der Waals surface area (Å²) in [5.74, 6) is -2.02. The second-order valence-corrected chi connectivity index (χ2v) is 3.30. The average molecular weight is 204 g/mol. The van der Waals surface area contributed by atoms with Crippen LogP contribution < -0.4 is 0 Å². The number of likely N-dealkylation sites (N-methyl/N-ethyl adjacent to an activating group) is 1. The van der Waals surface area contributed by atoms with E-state index in [4.69, 9.17) is 10.2 Å². The van der Waals surface area contributed by atoms with Crippen molar-refractivity contribution >= 4 is 11.9 Å². The van der Waals surface area contributed by atoms with Gasteiger partial charge in [-0.05, 0) is 14.1 Å². The molecule has 0 amide bonds. The first-order valence-electron chi connectivity index (χ1n) is 4.22. The molecule has 6 nitrogen and oxygen atoms in total. The molecule has 14 heavy (non-hydrogen) atoms. The summed E-state index contributed by atoms with van der Waals surface area (Å²) in [6.45, 7) is 0.604. The van der Waals surface area contributed by atoms with Crippen molar-refractivity contribution < 1.29 is 19.8 Å². The van der Waals surface area contributed by atoms with Crippen LogP contribution in [-0.2, 0) is 9.59 Å². The minimum Gasteiger partial charge on any atom is -0.480 e. The second kappa shape index (κ2) is 6.33. The maximum Gasteiger partial charge on any atom is 0.317 e. The third-order valence-corrected chi connectivity index (χ3v) is 1.58. The fraction of sp³-hybridized carbons (Fsp3) is 0.750. The van der Waals surface area contributed by atoms with Crippen LogP contribution in [0.5, 0.6) is 0 Å². The molecule has 0 spiro atoms. The van der Waals surface area contributed by atoms with Crippen LogP contribution in [0, 0.1) is 0 Å². The predicted molar refractivity (Wildman–Crippen MR) is 50.3 cm³/mol. The number of hydrogen-bond acceptors (Lipinski definition) is 4. The summed E-state index contributed by atoms with van der Waals surface area (Å²) >= 11 is 0. The van der Waals surface area contributed by atoms with Gasteiger partial charge in [-0.25, -0.2) is 0 Å². The van der Waals surface area contributed by atoms with Crippen LogP contribution in [0.25, 0.3) is 0 Å². The van der Waals surface area contributed by atoms with Gasteiger partial charge in [0.25, 0.3) is 0 Å². The van der Waals surface area contributed by atoms with Crippen molar-refractivity contribution in [3.05, 3.63) is 0 Å². The largest absolute Gasteiger partial charge is 0.480 e. The van der Waals surface area contributed by atoms with Gasteiger partial charge in [-0.1, -0.05) is 0 Å². The molecule has 0 saturated heterocycles. The van der Waals surface area contributed by atoms with Gasteiger partial charge < -0.3 is 15.1 Å². The van der Waals surface area contributed by atoms with Gasteiger partial charge in [-0.2, -0.15) is 0 Å². The lowest BCUT2D eigenvalue weighted by molar-refractivity contribution is -0.141. The quantitative estimate of drug-likeness (QED) is 0.554. The highest BCUT2D eigenvalue weighted by molar-refractivity contribution is 5.72. The van der Waals surface area contributed by atoms with E-state index in [2.05, 4.69) is 0 Å². The number of carbonyl (C=O) groups is 2. The standard InChI is InChI=1S/C8H16N2O4/c1-9(2)3-4-10(5-7(11)12)6-8(13)14/h3-6H2,1-2H3,(H,11,12)(H,13,14). The molecule has 6 heteroatoms. The highest BCUT2D eigenvalue weighted by atomic mass is 16.4. The van der Waals surface area contributed by atoms with Gasteiger partial charge in [0.1, 0.15) is 0 Å². The lowest BCUT2D eigenvalue weighted by Gasteiger charge is -2.20. The topological polar surface area (TPSA) is 81.1 Å². The monoisotopic (exact) mass is 204 g/mol. The normalized spacial score (nSPS) is 10.9. The van der Waals surface area contributed by atoms with E-state index in [1.54, 1.807) is 0 Å². The molecule has 0 aliphatic heterocycles. The van der Waals surface area contributed by atoms with Crippen LogP contribution >= 0.6 is 0 Å². The highest BCUT2D eigenvalue weighted by Crippen LogP contribution is 1.89. The van der Waals surface area contributed by atoms with Gasteiger partial charge in [0.2, 0.25) is 0 Å². The molecule has 0 heterocycles. The smallest absolute Gasteiger partial charge is 0.317 e. The molecule has 0 fully saturated rings. The summed E-state index contributed by atoms with van der Waals surface area (Å²) in [6.07, 6.45) is 0. The van der Waals surface area contributed by atoms with Crippen LogP contribution in [0.1, 0.15) is 0 Å². The van der Waals surface area contributed by atoms with Crippen LogP contribution in [0.2, 0.25) is 0 Å². The van der Waals surface area contributed by atoms with E-state index in [0.717, 1.165) is 0 Å². The molecule has 0 aliphatic carbocycles. The summed E-state index contributed by atoms with van der Waals surface area (Å²) in [7, 11) is 3.69. The van der Waals surface area contributed by atoms with E-state index in [0.29, 0.717) is 13.1 Å². The maximum atomic E-state index is 10.4. The molecule has 0 aromatic rings. The minimum atomic E-state index is -1.01. The summed E-state index contributed by atoms with van der Waals surface area (Å²) in [5.41, 5.74) is 0. The van der Waals surface area contributed by atoms with Crippen LogP contribution in [-0.4, -0.2) is 72.2 Å². The zero-order valence-electron chi connectivity index (χ0n) is 8.43. The zero-order chi connectivity index (χ0) is 11.1. The summed E-state index contributed by atoms with van der Waals surface area (Å²) in [4.78, 5) is 24.0. The molecule has 0 aromatic heterocycles. The van der Waals surface area contributed by atoms with E-state index in [1.165, 1.54) is 4.90 Å². The summed E-state index contributed by atoms with van der Waals surface area (Å²) in [5, 5.41) is 17.0. The van der Waals surface area contributed by atoms with Crippen molar-refractivity contribution in [2.45, 2.75) is 0 Å². The molecule has 0 radical (unpaired) electrons. The Bertz CT molecular complexity index is 190. The van der Waals surface area contributed by atoms with Gasteiger partial charge in [0.15, 0.2) is 0 Å². The van der Waals surface area contributed by atoms with Crippen LogP contribution in [0.15, 0.2) is 0 Å². The molecule has 0 unspecified atom stereocenters. The van der Waals surface area contributed by atoms with Crippen molar-refractivity contribution in [2.75, 3.05) is 40.3 Å². The third-order valence-electron chi connectivity index (χ3n) is 1.58. The molecular formula is C8H16N2O4. The minimum absolute atomic E-state index is 0.236. The van der Waals surface area contributed by atoms with E-state index in [1.807, 2.05) is 19.0 Å². The van der Waals surface area contributed by atoms with Crippen molar-refractivity contribution in [2.24, 2.45) is 0 Å². The van der Waals surface area contributed by atoms with E-state index in [-0.39, 0.29) is 13.1 Å². The van der Waals surface area contributed by atoms with Gasteiger partial charge in [0.05, 0.1) is 13.1 Å². The second-order valence-electron chi connectivity index (χ2n) is 3.30. The SMILES string of the molecule is CN(C)CCN(CC(=O)O)CC(=O)O. The predicted octanol–water partition coefficient (Wildman–Crippen LogP) is -0.981. The Morgan fingerprint density at radius 1 is 1.00 bits per heavy atom. The molecule has 0 saturated carbocycles. The van der Waals surface area contributed by atoms with Crippen LogP contribution in [0.3, 0.4) is 0 Å². The van der Waals surface area contributed by atoms with E-state index < -0.39 is 11.9 Å². The van der Waals surface area contributed by atoms with Crippen LogP contribution in [0.4, 0.5) is 0 Å². The van der Waals surface area contributed by atoms with Gasteiger partial charge in [-0.15, -0.1) is 0 Å². The van der Waals surface area contributed by atoms with E-state index >= 15 is 0 Å². The first-order valence-corrected chi connectivity index (χ1v) is 4.22. The Morgan fingerprint density at radius 2 is 1.43 bits per heavy atom. The molecule has 0 atom stereocenters. The number of rotatable bonds is 7. The summed E-state index contributed by atoms with van der Waals surface area (Å²) < 4.78 is 0. The molecule has 0 aromatic carbocycles. The van der Waals surface area contributed by atoms with E-state index in [9.17, 15) is 9.59 Å². The lowest BCUT2D eigenvalue weighted by Crippen LogP contribution is -2.38. The van der Waals surface area contributed by atoms with Gasteiger partial charge in [0, 0.05) is 13.1 Å².